The predicted octanol–water partition coefficient (Wildman–Crippen LogP) is 0.537. The third-order valence-electron chi connectivity index (χ3n) is 2.25. The zero-order valence-corrected chi connectivity index (χ0v) is 10.3. The number of aromatic nitrogens is 2. The normalized spacial score (nSPS) is 11.3. The molecule has 18 heavy (non-hydrogen) atoms. The van der Waals surface area contributed by atoms with Gasteiger partial charge >= 0.3 is 0 Å². The van der Waals surface area contributed by atoms with Crippen molar-refractivity contribution in [1.29, 1.82) is 0 Å². The standard InChI is InChI=1S/C11H12N4O2S/c12-9-2-1-3-11(6-9)18(16,17)15-7-10-4-5-13-8-14-10/h1-6,8,15H,7,12H2. The van der Waals surface area contributed by atoms with E-state index in [4.69, 9.17) is 5.73 Å². The van der Waals surface area contributed by atoms with Gasteiger partial charge in [0.05, 0.1) is 17.1 Å². The number of benzene rings is 1. The van der Waals surface area contributed by atoms with Crippen LogP contribution in [0.2, 0.25) is 0 Å². The Morgan fingerprint density at radius 3 is 2.78 bits per heavy atom. The van der Waals surface area contributed by atoms with E-state index in [2.05, 4.69) is 14.7 Å². The molecule has 0 saturated heterocycles. The van der Waals surface area contributed by atoms with Crippen molar-refractivity contribution in [1.82, 2.24) is 14.7 Å². The van der Waals surface area contributed by atoms with Crippen LogP contribution < -0.4 is 10.5 Å². The second-order valence-corrected chi connectivity index (χ2v) is 5.36. The average Bonchev–Trinajstić information content (AvgIpc) is 2.38. The minimum absolute atomic E-state index is 0.111. The Balaban J connectivity index is 2.13. The van der Waals surface area contributed by atoms with Gasteiger partial charge in [-0.15, -0.1) is 0 Å². The van der Waals surface area contributed by atoms with Gasteiger partial charge < -0.3 is 5.73 Å². The summed E-state index contributed by atoms with van der Waals surface area (Å²) in [6, 6.07) is 7.75. The third-order valence-corrected chi connectivity index (χ3v) is 3.65. The number of nitrogens with two attached hydrogens (primary N) is 1. The van der Waals surface area contributed by atoms with Crippen molar-refractivity contribution in [2.75, 3.05) is 5.73 Å². The zero-order chi connectivity index (χ0) is 13.0. The molecule has 1 heterocycles. The lowest BCUT2D eigenvalue weighted by Crippen LogP contribution is -2.23. The van der Waals surface area contributed by atoms with Crippen LogP contribution in [0.3, 0.4) is 0 Å². The van der Waals surface area contributed by atoms with Gasteiger partial charge in [-0.1, -0.05) is 6.07 Å². The lowest BCUT2D eigenvalue weighted by atomic mass is 10.3. The van der Waals surface area contributed by atoms with Crippen molar-refractivity contribution in [3.05, 3.63) is 48.5 Å². The molecule has 0 bridgehead atoms. The third kappa shape index (κ3) is 3.02. The second kappa shape index (κ2) is 5.11. The van der Waals surface area contributed by atoms with Crippen LogP contribution in [-0.4, -0.2) is 18.4 Å². The summed E-state index contributed by atoms with van der Waals surface area (Å²) in [4.78, 5) is 7.82. The first-order chi connectivity index (χ1) is 8.58. The van der Waals surface area contributed by atoms with Crippen molar-refractivity contribution >= 4 is 15.7 Å². The van der Waals surface area contributed by atoms with Crippen LogP contribution in [0.1, 0.15) is 5.69 Å². The maximum absolute atomic E-state index is 11.9. The Hall–Kier alpha value is -1.99. The molecular formula is C11H12N4O2S. The molecule has 94 valence electrons. The van der Waals surface area contributed by atoms with Crippen molar-refractivity contribution in [3.8, 4) is 0 Å². The van der Waals surface area contributed by atoms with E-state index in [-0.39, 0.29) is 11.4 Å². The van der Waals surface area contributed by atoms with Crippen molar-refractivity contribution in [2.45, 2.75) is 11.4 Å². The maximum atomic E-state index is 11.9. The van der Waals surface area contributed by atoms with Crippen LogP contribution in [0.4, 0.5) is 5.69 Å². The van der Waals surface area contributed by atoms with E-state index >= 15 is 0 Å². The highest BCUT2D eigenvalue weighted by molar-refractivity contribution is 7.89. The topological polar surface area (TPSA) is 98.0 Å². The molecule has 3 N–H and O–H groups in total. The van der Waals surface area contributed by atoms with Crippen LogP contribution in [0.15, 0.2) is 47.8 Å². The molecule has 2 aromatic rings. The Bertz CT molecular complexity index is 629. The van der Waals surface area contributed by atoms with E-state index in [1.54, 1.807) is 24.4 Å². The fourth-order valence-corrected chi connectivity index (χ4v) is 2.41. The van der Waals surface area contributed by atoms with Gasteiger partial charge in [-0.05, 0) is 24.3 Å². The number of nitrogens with zero attached hydrogens (tertiary/aromatic N) is 2. The highest BCUT2D eigenvalue weighted by Crippen LogP contribution is 2.12. The molecule has 0 atom stereocenters. The van der Waals surface area contributed by atoms with E-state index in [9.17, 15) is 8.42 Å². The number of hydrogen-bond donors (Lipinski definition) is 2. The fraction of sp³-hybridized carbons (Fsp3) is 0.0909. The van der Waals surface area contributed by atoms with Crippen LogP contribution >= 0.6 is 0 Å². The highest BCUT2D eigenvalue weighted by Gasteiger charge is 2.13. The Morgan fingerprint density at radius 1 is 1.28 bits per heavy atom. The summed E-state index contributed by atoms with van der Waals surface area (Å²) in [6.45, 7) is 0.111. The van der Waals surface area contributed by atoms with E-state index < -0.39 is 10.0 Å². The Labute approximate surface area is 105 Å². The Morgan fingerprint density at radius 2 is 2.11 bits per heavy atom. The van der Waals surface area contributed by atoms with Gasteiger partial charge in [-0.25, -0.2) is 23.1 Å². The first kappa shape index (κ1) is 12.5. The Kier molecular flexibility index (Phi) is 3.54. The molecule has 1 aromatic heterocycles. The van der Waals surface area contributed by atoms with Crippen molar-refractivity contribution in [3.63, 3.8) is 0 Å². The summed E-state index contributed by atoms with van der Waals surface area (Å²) in [6.07, 6.45) is 2.92. The summed E-state index contributed by atoms with van der Waals surface area (Å²) in [5.41, 5.74) is 6.55. The molecule has 0 unspecified atom stereocenters. The average molecular weight is 264 g/mol. The molecule has 0 fully saturated rings. The molecular weight excluding hydrogens is 252 g/mol. The molecule has 0 aliphatic rings. The number of rotatable bonds is 4. The molecule has 0 aliphatic heterocycles. The van der Waals surface area contributed by atoms with Gasteiger partial charge in [0.25, 0.3) is 0 Å². The first-order valence-electron chi connectivity index (χ1n) is 5.18. The quantitative estimate of drug-likeness (QED) is 0.785. The molecule has 0 amide bonds. The SMILES string of the molecule is Nc1cccc(S(=O)(=O)NCc2ccncn2)c1. The number of sulfonamides is 1. The van der Waals surface area contributed by atoms with Crippen LogP contribution in [0.5, 0.6) is 0 Å². The van der Waals surface area contributed by atoms with E-state index in [0.29, 0.717) is 11.4 Å². The molecule has 6 nitrogen and oxygen atoms in total. The number of nitrogen functional groups attached to an aromatic ring is 1. The summed E-state index contributed by atoms with van der Waals surface area (Å²) in [7, 11) is -3.57. The molecule has 7 heteroatoms. The molecule has 0 aliphatic carbocycles. The molecule has 1 aromatic carbocycles. The van der Waals surface area contributed by atoms with Gasteiger partial charge in [-0.2, -0.15) is 0 Å². The zero-order valence-electron chi connectivity index (χ0n) is 9.45. The van der Waals surface area contributed by atoms with Gasteiger partial charge in [-0.3, -0.25) is 0 Å². The van der Waals surface area contributed by atoms with E-state index in [1.807, 2.05) is 0 Å². The fourth-order valence-electron chi connectivity index (χ4n) is 1.36. The smallest absolute Gasteiger partial charge is 0.240 e. The molecule has 0 saturated carbocycles. The van der Waals surface area contributed by atoms with Crippen molar-refractivity contribution in [2.24, 2.45) is 0 Å². The van der Waals surface area contributed by atoms with Gasteiger partial charge in [0.15, 0.2) is 0 Å². The summed E-state index contributed by atoms with van der Waals surface area (Å²) >= 11 is 0. The summed E-state index contributed by atoms with van der Waals surface area (Å²) < 4.78 is 26.3. The minimum atomic E-state index is -3.57. The van der Waals surface area contributed by atoms with E-state index in [0.717, 1.165) is 0 Å². The lowest BCUT2D eigenvalue weighted by molar-refractivity contribution is 0.580. The maximum Gasteiger partial charge on any atom is 0.240 e. The van der Waals surface area contributed by atoms with Crippen molar-refractivity contribution < 1.29 is 8.42 Å². The predicted molar refractivity (Wildman–Crippen MR) is 66.9 cm³/mol. The van der Waals surface area contributed by atoms with Gasteiger partial charge in [0.2, 0.25) is 10.0 Å². The largest absolute Gasteiger partial charge is 0.399 e. The van der Waals surface area contributed by atoms with Gasteiger partial charge in [0.1, 0.15) is 6.33 Å². The molecule has 0 radical (unpaired) electrons. The monoisotopic (exact) mass is 264 g/mol. The van der Waals surface area contributed by atoms with Crippen LogP contribution in [-0.2, 0) is 16.6 Å². The summed E-state index contributed by atoms with van der Waals surface area (Å²) in [5, 5.41) is 0. The number of anilines is 1. The number of hydrogen-bond acceptors (Lipinski definition) is 5. The van der Waals surface area contributed by atoms with Crippen LogP contribution in [0.25, 0.3) is 0 Å². The van der Waals surface area contributed by atoms with Crippen LogP contribution in [0, 0.1) is 0 Å². The highest BCUT2D eigenvalue weighted by atomic mass is 32.2. The molecule has 2 rings (SSSR count). The van der Waals surface area contributed by atoms with Gasteiger partial charge in [0, 0.05) is 11.9 Å². The lowest BCUT2D eigenvalue weighted by Gasteiger charge is -2.06. The molecule has 0 spiro atoms. The van der Waals surface area contributed by atoms with E-state index in [1.165, 1.54) is 18.5 Å². The summed E-state index contributed by atoms with van der Waals surface area (Å²) in [5.74, 6) is 0. The number of nitrogens with one attached hydrogen (secondary N) is 1. The first-order valence-corrected chi connectivity index (χ1v) is 6.66. The minimum Gasteiger partial charge on any atom is -0.399 e. The second-order valence-electron chi connectivity index (χ2n) is 3.60.